The average molecular weight is 347 g/mol. The zero-order valence-electron chi connectivity index (χ0n) is 16.9. The first kappa shape index (κ1) is 20.9. The van der Waals surface area contributed by atoms with E-state index in [1.807, 2.05) is 30.3 Å². The van der Waals surface area contributed by atoms with Crippen LogP contribution in [0.4, 0.5) is 0 Å². The largest absolute Gasteiger partial charge is 0.410 e. The maximum absolute atomic E-state index is 11.8. The van der Waals surface area contributed by atoms with Gasteiger partial charge in [-0.15, -0.1) is 0 Å². The van der Waals surface area contributed by atoms with Crippen LogP contribution in [0.5, 0.6) is 0 Å². The van der Waals surface area contributed by atoms with Crippen LogP contribution in [-0.2, 0) is 4.43 Å². The second kappa shape index (κ2) is 7.36. The minimum atomic E-state index is -1.87. The first-order valence-corrected chi connectivity index (χ1v) is 11.6. The highest BCUT2D eigenvalue weighted by Crippen LogP contribution is 2.40. The number of benzene rings is 1. The Labute approximate surface area is 149 Å². The van der Waals surface area contributed by atoms with Gasteiger partial charge in [0.1, 0.15) is 0 Å². The van der Waals surface area contributed by atoms with Gasteiger partial charge < -0.3 is 4.43 Å². The van der Waals surface area contributed by atoms with E-state index in [1.165, 1.54) is 0 Å². The lowest BCUT2D eigenvalue weighted by atomic mass is 9.88. The molecule has 1 aromatic rings. The predicted molar refractivity (Wildman–Crippen MR) is 107 cm³/mol. The van der Waals surface area contributed by atoms with Crippen molar-refractivity contribution in [3.63, 3.8) is 0 Å². The van der Waals surface area contributed by atoms with Crippen molar-refractivity contribution in [2.24, 2.45) is 5.41 Å². The van der Waals surface area contributed by atoms with E-state index in [0.29, 0.717) is 0 Å². The Balaban J connectivity index is 3.15. The molecule has 0 aliphatic carbocycles. The van der Waals surface area contributed by atoms with Crippen molar-refractivity contribution in [1.82, 2.24) is 0 Å². The topological polar surface area (TPSA) is 26.3 Å². The van der Waals surface area contributed by atoms with Gasteiger partial charge in [0.05, 0.1) is 6.10 Å². The molecule has 0 spiro atoms. The molecule has 3 heteroatoms. The van der Waals surface area contributed by atoms with Gasteiger partial charge in [-0.05, 0) is 36.0 Å². The molecule has 0 saturated carbocycles. The smallest absolute Gasteiger partial charge is 0.192 e. The molecule has 24 heavy (non-hydrogen) atoms. The normalized spacial score (nSPS) is 14.9. The molecule has 1 unspecified atom stereocenters. The maximum atomic E-state index is 11.8. The third kappa shape index (κ3) is 5.42. The Morgan fingerprint density at radius 1 is 1.08 bits per heavy atom. The van der Waals surface area contributed by atoms with E-state index >= 15 is 0 Å². The first-order valence-electron chi connectivity index (χ1n) is 8.72. The van der Waals surface area contributed by atoms with Gasteiger partial charge in [0, 0.05) is 5.56 Å². The standard InChI is InChI=1S/C21H34O2Si/c1-16(22)18-13-11-10-12-17(18)14-15-19(20(2,3)4)23-24(8,9)21(5,6)7/h10-15,19H,1-9H3/b15-14+. The minimum absolute atomic E-state index is 0.00279. The zero-order valence-corrected chi connectivity index (χ0v) is 17.9. The maximum Gasteiger partial charge on any atom is 0.192 e. The molecule has 1 atom stereocenters. The Kier molecular flexibility index (Phi) is 6.40. The molecular weight excluding hydrogens is 312 g/mol. The van der Waals surface area contributed by atoms with Gasteiger partial charge in [0.15, 0.2) is 14.1 Å². The monoisotopic (exact) mass is 346 g/mol. The van der Waals surface area contributed by atoms with Gasteiger partial charge in [0.2, 0.25) is 0 Å². The summed E-state index contributed by atoms with van der Waals surface area (Å²) in [5, 5.41) is 0.168. The van der Waals surface area contributed by atoms with Crippen LogP contribution in [0.1, 0.15) is 64.4 Å². The number of hydrogen-bond donors (Lipinski definition) is 0. The average Bonchev–Trinajstić information content (AvgIpc) is 2.41. The Morgan fingerprint density at radius 2 is 1.62 bits per heavy atom. The highest BCUT2D eigenvalue weighted by Gasteiger charge is 2.40. The van der Waals surface area contributed by atoms with E-state index < -0.39 is 8.32 Å². The molecule has 0 aliphatic heterocycles. The fraction of sp³-hybridized carbons (Fsp3) is 0.571. The summed E-state index contributed by atoms with van der Waals surface area (Å²) >= 11 is 0. The van der Waals surface area contributed by atoms with Crippen LogP contribution >= 0.6 is 0 Å². The fourth-order valence-electron chi connectivity index (χ4n) is 2.15. The number of carbonyl (C=O) groups excluding carboxylic acids is 1. The lowest BCUT2D eigenvalue weighted by molar-refractivity contribution is 0.101. The highest BCUT2D eigenvalue weighted by molar-refractivity contribution is 6.74. The van der Waals surface area contributed by atoms with Crippen molar-refractivity contribution in [2.45, 2.75) is 72.7 Å². The number of rotatable bonds is 5. The van der Waals surface area contributed by atoms with Crippen molar-refractivity contribution in [1.29, 1.82) is 0 Å². The van der Waals surface area contributed by atoms with Gasteiger partial charge in [-0.2, -0.15) is 0 Å². The summed E-state index contributed by atoms with van der Waals surface area (Å²) in [6.07, 6.45) is 4.18. The number of Topliss-reactive ketones (excluding diaryl/α,β-unsaturated/α-hetero) is 1. The second-order valence-electron chi connectivity index (χ2n) is 9.17. The molecule has 0 fully saturated rings. The lowest BCUT2D eigenvalue weighted by Crippen LogP contribution is -2.46. The van der Waals surface area contributed by atoms with Crippen LogP contribution in [0.15, 0.2) is 30.3 Å². The van der Waals surface area contributed by atoms with E-state index in [9.17, 15) is 4.79 Å². The molecular formula is C21H34O2Si. The third-order valence-corrected chi connectivity index (χ3v) is 9.33. The molecule has 0 amide bonds. The summed E-state index contributed by atoms with van der Waals surface area (Å²) in [6, 6.07) is 7.73. The van der Waals surface area contributed by atoms with E-state index in [4.69, 9.17) is 4.43 Å². The number of carbonyl (C=O) groups is 1. The summed E-state index contributed by atoms with van der Waals surface area (Å²) in [4.78, 5) is 11.8. The molecule has 0 aliphatic rings. The molecule has 0 saturated heterocycles. The predicted octanol–water partition coefficient (Wildman–Crippen LogP) is 6.34. The Morgan fingerprint density at radius 3 is 2.08 bits per heavy atom. The van der Waals surface area contributed by atoms with Crippen LogP contribution in [0.3, 0.4) is 0 Å². The van der Waals surface area contributed by atoms with Gasteiger partial charge >= 0.3 is 0 Å². The molecule has 0 radical (unpaired) electrons. The van der Waals surface area contributed by atoms with Gasteiger partial charge in [0.25, 0.3) is 0 Å². The first-order chi connectivity index (χ1) is 10.8. The van der Waals surface area contributed by atoms with Crippen molar-refractivity contribution in [2.75, 3.05) is 0 Å². The van der Waals surface area contributed by atoms with Gasteiger partial charge in [-0.1, -0.05) is 78.0 Å². The van der Waals surface area contributed by atoms with Crippen LogP contribution in [0, 0.1) is 5.41 Å². The molecule has 134 valence electrons. The molecule has 1 rings (SSSR count). The van der Waals surface area contributed by atoms with Crippen LogP contribution in [0.2, 0.25) is 18.1 Å². The zero-order chi connectivity index (χ0) is 18.8. The molecule has 0 N–H and O–H groups in total. The van der Waals surface area contributed by atoms with Gasteiger partial charge in [-0.3, -0.25) is 4.79 Å². The van der Waals surface area contributed by atoms with Crippen molar-refractivity contribution in [3.8, 4) is 0 Å². The van der Waals surface area contributed by atoms with E-state index in [2.05, 4.69) is 60.7 Å². The van der Waals surface area contributed by atoms with E-state index in [-0.39, 0.29) is 22.3 Å². The second-order valence-corrected chi connectivity index (χ2v) is 13.9. The van der Waals surface area contributed by atoms with Crippen molar-refractivity contribution in [3.05, 3.63) is 41.5 Å². The summed E-state index contributed by atoms with van der Waals surface area (Å²) in [5.74, 6) is 0.0906. The highest BCUT2D eigenvalue weighted by atomic mass is 28.4. The molecule has 2 nitrogen and oxygen atoms in total. The summed E-state index contributed by atoms with van der Waals surface area (Å²) < 4.78 is 6.66. The van der Waals surface area contributed by atoms with Crippen LogP contribution in [0.25, 0.3) is 6.08 Å². The molecule has 0 aromatic heterocycles. The molecule has 1 aromatic carbocycles. The van der Waals surface area contributed by atoms with Gasteiger partial charge in [-0.25, -0.2) is 0 Å². The summed E-state index contributed by atoms with van der Waals surface area (Å²) in [7, 11) is -1.87. The molecule has 0 heterocycles. The lowest BCUT2D eigenvalue weighted by Gasteiger charge is -2.42. The summed E-state index contributed by atoms with van der Waals surface area (Å²) in [6.45, 7) is 19.5. The van der Waals surface area contributed by atoms with Crippen molar-refractivity contribution >= 4 is 20.2 Å². The minimum Gasteiger partial charge on any atom is -0.410 e. The molecule has 0 bridgehead atoms. The SMILES string of the molecule is CC(=O)c1ccccc1/C=C/C(O[Si](C)(C)C(C)(C)C)C(C)(C)C. The Bertz CT molecular complexity index is 601. The number of hydrogen-bond acceptors (Lipinski definition) is 2. The van der Waals surface area contributed by atoms with Crippen LogP contribution in [-0.4, -0.2) is 20.2 Å². The van der Waals surface area contributed by atoms with Crippen molar-refractivity contribution < 1.29 is 9.22 Å². The van der Waals surface area contributed by atoms with E-state index in [0.717, 1.165) is 11.1 Å². The third-order valence-electron chi connectivity index (χ3n) is 4.87. The fourth-order valence-corrected chi connectivity index (χ4v) is 3.57. The summed E-state index contributed by atoms with van der Waals surface area (Å²) in [5.41, 5.74) is 1.71. The Hall–Kier alpha value is -1.19. The quantitative estimate of drug-likeness (QED) is 0.459. The van der Waals surface area contributed by atoms with Crippen LogP contribution < -0.4 is 0 Å². The van der Waals surface area contributed by atoms with E-state index in [1.54, 1.807) is 6.92 Å². The number of ketones is 1.